The summed E-state index contributed by atoms with van der Waals surface area (Å²) in [7, 11) is 0. The first-order valence-corrected chi connectivity index (χ1v) is 8.37. The van der Waals surface area contributed by atoms with E-state index in [1.165, 1.54) is 10.7 Å². The van der Waals surface area contributed by atoms with Gasteiger partial charge in [0.2, 0.25) is 5.91 Å². The second-order valence-electron chi connectivity index (χ2n) is 6.11. The lowest BCUT2D eigenvalue weighted by Crippen LogP contribution is -2.37. The number of aromatic nitrogens is 3. The third kappa shape index (κ3) is 3.25. The molecule has 0 saturated heterocycles. The summed E-state index contributed by atoms with van der Waals surface area (Å²) in [4.78, 5) is 26.4. The first kappa shape index (κ1) is 16.4. The Hall–Kier alpha value is -2.44. The van der Waals surface area contributed by atoms with Gasteiger partial charge in [-0.15, -0.1) is 0 Å². The molecule has 7 nitrogen and oxygen atoms in total. The number of carbonyl (C=O) groups excluding carboxylic acids is 1. The molecule has 2 heterocycles. The van der Waals surface area contributed by atoms with Gasteiger partial charge in [-0.05, 0) is 33.6 Å². The van der Waals surface area contributed by atoms with Crippen molar-refractivity contribution in [3.05, 3.63) is 33.9 Å². The zero-order valence-electron chi connectivity index (χ0n) is 14.3. The smallest absolute Gasteiger partial charge is 0.267 e. The largest absolute Gasteiger partial charge is 0.356 e. The Balaban J connectivity index is 1.96. The van der Waals surface area contributed by atoms with E-state index in [1.54, 1.807) is 11.0 Å². The lowest BCUT2D eigenvalue weighted by Gasteiger charge is -2.19. The molecule has 2 aromatic heterocycles. The molecular formula is C17H22N4O3. The van der Waals surface area contributed by atoms with Gasteiger partial charge in [0.15, 0.2) is 5.76 Å². The van der Waals surface area contributed by atoms with Crippen LogP contribution in [0, 0.1) is 6.92 Å². The molecule has 1 amide bonds. The minimum absolute atomic E-state index is 0.0318. The summed E-state index contributed by atoms with van der Waals surface area (Å²) in [5, 5.41) is 8.37. The van der Waals surface area contributed by atoms with Crippen molar-refractivity contribution in [3.8, 4) is 11.3 Å². The van der Waals surface area contributed by atoms with Crippen LogP contribution in [-0.4, -0.2) is 38.8 Å². The number of aryl methyl sites for hydroxylation is 1. The molecule has 128 valence electrons. The molecular weight excluding hydrogens is 308 g/mol. The molecule has 0 spiro atoms. The first-order chi connectivity index (χ1) is 11.5. The van der Waals surface area contributed by atoms with E-state index in [1.807, 2.05) is 20.8 Å². The van der Waals surface area contributed by atoms with E-state index in [2.05, 4.69) is 10.3 Å². The van der Waals surface area contributed by atoms with Gasteiger partial charge in [-0.3, -0.25) is 9.59 Å². The van der Waals surface area contributed by atoms with Crippen molar-refractivity contribution in [1.29, 1.82) is 0 Å². The highest BCUT2D eigenvalue weighted by molar-refractivity contribution is 5.75. The molecule has 0 atom stereocenters. The molecule has 0 bridgehead atoms. The molecule has 0 N–H and O–H groups in total. The zero-order chi connectivity index (χ0) is 17.3. The average molecular weight is 330 g/mol. The van der Waals surface area contributed by atoms with E-state index < -0.39 is 0 Å². The molecule has 0 radical (unpaired) electrons. The van der Waals surface area contributed by atoms with Crippen molar-refractivity contribution in [3.63, 3.8) is 0 Å². The van der Waals surface area contributed by atoms with Crippen LogP contribution < -0.4 is 5.56 Å². The Kier molecular flexibility index (Phi) is 4.51. The minimum Gasteiger partial charge on any atom is -0.356 e. The summed E-state index contributed by atoms with van der Waals surface area (Å²) in [5.74, 6) is 0.779. The highest BCUT2D eigenvalue weighted by Gasteiger charge is 2.30. The van der Waals surface area contributed by atoms with Crippen molar-refractivity contribution >= 4 is 5.91 Å². The normalized spacial score (nSPS) is 14.0. The van der Waals surface area contributed by atoms with Crippen LogP contribution in [0.2, 0.25) is 0 Å². The maximum atomic E-state index is 12.4. The van der Waals surface area contributed by atoms with Crippen LogP contribution in [0.4, 0.5) is 0 Å². The summed E-state index contributed by atoms with van der Waals surface area (Å²) in [6.45, 7) is 6.88. The number of carbonyl (C=O) groups is 1. The summed E-state index contributed by atoms with van der Waals surface area (Å²) in [6, 6.07) is 3.31. The maximum absolute atomic E-state index is 12.4. The Bertz CT molecular complexity index is 800. The van der Waals surface area contributed by atoms with Gasteiger partial charge in [-0.2, -0.15) is 5.10 Å². The lowest BCUT2D eigenvalue weighted by atomic mass is 10.1. The van der Waals surface area contributed by atoms with Gasteiger partial charge in [-0.1, -0.05) is 5.16 Å². The van der Waals surface area contributed by atoms with Crippen molar-refractivity contribution in [2.45, 2.75) is 46.1 Å². The zero-order valence-corrected chi connectivity index (χ0v) is 14.3. The van der Waals surface area contributed by atoms with Gasteiger partial charge in [0.05, 0.1) is 11.4 Å². The third-order valence-corrected chi connectivity index (χ3v) is 4.29. The average Bonchev–Trinajstić information content (AvgIpc) is 3.31. The van der Waals surface area contributed by atoms with Crippen LogP contribution in [0.3, 0.4) is 0 Å². The third-order valence-electron chi connectivity index (χ3n) is 4.29. The van der Waals surface area contributed by atoms with E-state index in [9.17, 15) is 9.59 Å². The van der Waals surface area contributed by atoms with Crippen molar-refractivity contribution in [2.24, 2.45) is 0 Å². The Morgan fingerprint density at radius 3 is 2.58 bits per heavy atom. The van der Waals surface area contributed by atoms with Gasteiger partial charge in [-0.25, -0.2) is 4.68 Å². The fourth-order valence-electron chi connectivity index (χ4n) is 2.77. The van der Waals surface area contributed by atoms with Gasteiger partial charge in [0.25, 0.3) is 5.56 Å². The minimum atomic E-state index is -0.302. The fourth-order valence-corrected chi connectivity index (χ4v) is 2.77. The van der Waals surface area contributed by atoms with Crippen molar-refractivity contribution in [1.82, 2.24) is 19.8 Å². The first-order valence-electron chi connectivity index (χ1n) is 8.37. The van der Waals surface area contributed by atoms with E-state index in [4.69, 9.17) is 4.52 Å². The van der Waals surface area contributed by atoms with Crippen LogP contribution >= 0.6 is 0 Å². The predicted octanol–water partition coefficient (Wildman–Crippen LogP) is 1.95. The van der Waals surface area contributed by atoms with E-state index in [0.717, 1.165) is 24.2 Å². The molecule has 1 aliphatic rings. The van der Waals surface area contributed by atoms with Gasteiger partial charge in [0.1, 0.15) is 6.54 Å². The van der Waals surface area contributed by atoms with Crippen LogP contribution in [0.1, 0.15) is 44.0 Å². The van der Waals surface area contributed by atoms with Gasteiger partial charge >= 0.3 is 0 Å². The molecule has 24 heavy (non-hydrogen) atoms. The van der Waals surface area contributed by atoms with Gasteiger partial charge < -0.3 is 9.42 Å². The maximum Gasteiger partial charge on any atom is 0.267 e. The standard InChI is InChI=1S/C17H22N4O3/c1-4-20(5-2)16(23)10-21-15(22)9-13(14-8-11(3)19-24-14)17(18-21)12-6-7-12/h8-9,12H,4-7,10H2,1-3H3. The Morgan fingerprint density at radius 2 is 2.04 bits per heavy atom. The van der Waals surface area contributed by atoms with Crippen LogP contribution in [-0.2, 0) is 11.3 Å². The van der Waals surface area contributed by atoms with Crippen molar-refractivity contribution < 1.29 is 9.32 Å². The number of hydrogen-bond acceptors (Lipinski definition) is 5. The summed E-state index contributed by atoms with van der Waals surface area (Å²) < 4.78 is 6.57. The van der Waals surface area contributed by atoms with E-state index >= 15 is 0 Å². The number of amides is 1. The topological polar surface area (TPSA) is 81.2 Å². The molecule has 7 heteroatoms. The summed E-state index contributed by atoms with van der Waals surface area (Å²) >= 11 is 0. The second-order valence-corrected chi connectivity index (χ2v) is 6.11. The molecule has 1 saturated carbocycles. The molecule has 2 aromatic rings. The quantitative estimate of drug-likeness (QED) is 0.808. The van der Waals surface area contributed by atoms with E-state index in [-0.39, 0.29) is 18.0 Å². The predicted molar refractivity (Wildman–Crippen MR) is 88.6 cm³/mol. The molecule has 1 fully saturated rings. The number of rotatable bonds is 6. The number of hydrogen-bond donors (Lipinski definition) is 0. The highest BCUT2D eigenvalue weighted by Crippen LogP contribution is 2.42. The molecule has 0 aliphatic heterocycles. The summed E-state index contributed by atoms with van der Waals surface area (Å²) in [5.41, 5.74) is 1.96. The van der Waals surface area contributed by atoms with E-state index in [0.29, 0.717) is 30.3 Å². The highest BCUT2D eigenvalue weighted by atomic mass is 16.5. The lowest BCUT2D eigenvalue weighted by molar-refractivity contribution is -0.131. The van der Waals surface area contributed by atoms with Crippen LogP contribution in [0.15, 0.2) is 21.5 Å². The van der Waals surface area contributed by atoms with Gasteiger partial charge in [0, 0.05) is 36.7 Å². The second kappa shape index (κ2) is 6.59. The van der Waals surface area contributed by atoms with Crippen LogP contribution in [0.25, 0.3) is 11.3 Å². The number of nitrogens with zero attached hydrogens (tertiary/aromatic N) is 4. The molecule has 1 aliphatic carbocycles. The number of likely N-dealkylation sites (N-methyl/N-ethyl adjacent to an activating group) is 1. The Labute approximate surface area is 140 Å². The monoisotopic (exact) mass is 330 g/mol. The van der Waals surface area contributed by atoms with Crippen LogP contribution in [0.5, 0.6) is 0 Å². The molecule has 0 aromatic carbocycles. The van der Waals surface area contributed by atoms with Crippen molar-refractivity contribution in [2.75, 3.05) is 13.1 Å². The summed E-state index contributed by atoms with van der Waals surface area (Å²) in [6.07, 6.45) is 2.07. The fraction of sp³-hybridized carbons (Fsp3) is 0.529. The SMILES string of the molecule is CCN(CC)C(=O)Cn1nc(C2CC2)c(-c2cc(C)no2)cc1=O. The molecule has 0 unspecified atom stereocenters. The Morgan fingerprint density at radius 1 is 1.33 bits per heavy atom. The molecule has 3 rings (SSSR count).